The Labute approximate surface area is 156 Å². The summed E-state index contributed by atoms with van der Waals surface area (Å²) in [5.41, 5.74) is 1.10. The molecule has 1 aromatic rings. The molecule has 2 aliphatic rings. The highest BCUT2D eigenvalue weighted by atomic mass is 32.2. The summed E-state index contributed by atoms with van der Waals surface area (Å²) in [4.78, 5) is 14.9. The molecule has 0 N–H and O–H groups in total. The van der Waals surface area contributed by atoms with Crippen LogP contribution in [0.1, 0.15) is 48.0 Å². The first-order valence-electron chi connectivity index (χ1n) is 9.37. The highest BCUT2D eigenvalue weighted by molar-refractivity contribution is 7.89. The van der Waals surface area contributed by atoms with Crippen LogP contribution < -0.4 is 0 Å². The number of morpholine rings is 1. The molecule has 26 heavy (non-hydrogen) atoms. The maximum atomic E-state index is 13.0. The summed E-state index contributed by atoms with van der Waals surface area (Å²) in [5.74, 6) is -0.102. The number of rotatable bonds is 4. The minimum absolute atomic E-state index is 0.102. The van der Waals surface area contributed by atoms with E-state index in [-0.39, 0.29) is 16.8 Å². The molecule has 1 amide bonds. The Bertz CT molecular complexity index is 751. The SMILES string of the molecule is Cc1ccc(C(=O)N(C)C2CCCCC2)cc1S(=O)(=O)N1CCOCC1. The van der Waals surface area contributed by atoms with Crippen LogP contribution in [0.4, 0.5) is 0 Å². The van der Waals surface area contributed by atoms with Gasteiger partial charge < -0.3 is 9.64 Å². The zero-order chi connectivity index (χ0) is 18.7. The number of hydrogen-bond acceptors (Lipinski definition) is 4. The second kappa shape index (κ2) is 8.06. The fourth-order valence-electron chi connectivity index (χ4n) is 3.77. The lowest BCUT2D eigenvalue weighted by Gasteiger charge is -2.31. The van der Waals surface area contributed by atoms with E-state index in [0.717, 1.165) is 25.7 Å². The van der Waals surface area contributed by atoms with Crippen LogP contribution in [0.25, 0.3) is 0 Å². The maximum Gasteiger partial charge on any atom is 0.253 e. The van der Waals surface area contributed by atoms with Crippen molar-refractivity contribution in [2.45, 2.75) is 50.0 Å². The van der Waals surface area contributed by atoms with Crippen molar-refractivity contribution in [1.82, 2.24) is 9.21 Å². The van der Waals surface area contributed by atoms with E-state index in [1.807, 2.05) is 7.05 Å². The second-order valence-corrected chi connectivity index (χ2v) is 9.11. The average molecular weight is 381 g/mol. The predicted octanol–water partition coefficient (Wildman–Crippen LogP) is 2.42. The first-order chi connectivity index (χ1) is 12.4. The van der Waals surface area contributed by atoms with Gasteiger partial charge in [0.15, 0.2) is 0 Å². The monoisotopic (exact) mass is 380 g/mol. The van der Waals surface area contributed by atoms with Gasteiger partial charge in [-0.2, -0.15) is 4.31 Å². The van der Waals surface area contributed by atoms with Gasteiger partial charge in [0, 0.05) is 31.7 Å². The lowest BCUT2D eigenvalue weighted by Crippen LogP contribution is -2.41. The van der Waals surface area contributed by atoms with Crippen LogP contribution >= 0.6 is 0 Å². The van der Waals surface area contributed by atoms with Crippen LogP contribution in [0.15, 0.2) is 23.1 Å². The average Bonchev–Trinajstić information content (AvgIpc) is 2.68. The topological polar surface area (TPSA) is 66.9 Å². The van der Waals surface area contributed by atoms with Crippen molar-refractivity contribution >= 4 is 15.9 Å². The van der Waals surface area contributed by atoms with Gasteiger partial charge in [-0.05, 0) is 37.5 Å². The molecule has 0 radical (unpaired) electrons. The Balaban J connectivity index is 1.86. The largest absolute Gasteiger partial charge is 0.379 e. The summed E-state index contributed by atoms with van der Waals surface area (Å²) >= 11 is 0. The van der Waals surface area contributed by atoms with Gasteiger partial charge in [0.2, 0.25) is 10.0 Å². The molecule has 0 spiro atoms. The molecule has 1 heterocycles. The van der Waals surface area contributed by atoms with E-state index in [0.29, 0.717) is 37.4 Å². The van der Waals surface area contributed by atoms with Gasteiger partial charge in [0.25, 0.3) is 5.91 Å². The fourth-order valence-corrected chi connectivity index (χ4v) is 5.43. The van der Waals surface area contributed by atoms with Gasteiger partial charge >= 0.3 is 0 Å². The highest BCUT2D eigenvalue weighted by Crippen LogP contribution is 2.26. The van der Waals surface area contributed by atoms with E-state index in [1.165, 1.54) is 10.7 Å². The molecule has 0 aromatic heterocycles. The molecule has 1 aliphatic heterocycles. The summed E-state index contributed by atoms with van der Waals surface area (Å²) in [5, 5.41) is 0. The number of benzene rings is 1. The van der Waals surface area contributed by atoms with Crippen molar-refractivity contribution in [3.05, 3.63) is 29.3 Å². The fraction of sp³-hybridized carbons (Fsp3) is 0.632. The van der Waals surface area contributed by atoms with E-state index < -0.39 is 10.0 Å². The molecule has 1 saturated carbocycles. The Morgan fingerprint density at radius 2 is 1.81 bits per heavy atom. The lowest BCUT2D eigenvalue weighted by molar-refractivity contribution is 0.0695. The van der Waals surface area contributed by atoms with E-state index in [4.69, 9.17) is 4.74 Å². The normalized spacial score (nSPS) is 20.1. The Kier molecular flexibility index (Phi) is 5.99. The first-order valence-corrected chi connectivity index (χ1v) is 10.8. The summed E-state index contributed by atoms with van der Waals surface area (Å²) in [6.45, 7) is 3.28. The Morgan fingerprint density at radius 1 is 1.15 bits per heavy atom. The van der Waals surface area contributed by atoms with Crippen LogP contribution in [0, 0.1) is 6.92 Å². The van der Waals surface area contributed by atoms with Gasteiger partial charge in [-0.15, -0.1) is 0 Å². The third-order valence-electron chi connectivity index (χ3n) is 5.47. The molecule has 1 saturated heterocycles. The lowest BCUT2D eigenvalue weighted by atomic mass is 9.94. The van der Waals surface area contributed by atoms with Crippen LogP contribution in [-0.2, 0) is 14.8 Å². The highest BCUT2D eigenvalue weighted by Gasteiger charge is 2.29. The van der Waals surface area contributed by atoms with Crippen molar-refractivity contribution in [3.63, 3.8) is 0 Å². The van der Waals surface area contributed by atoms with Gasteiger partial charge in [-0.25, -0.2) is 8.42 Å². The van der Waals surface area contributed by atoms with Crippen LogP contribution in [0.3, 0.4) is 0 Å². The quantitative estimate of drug-likeness (QED) is 0.805. The van der Waals surface area contributed by atoms with Crippen molar-refractivity contribution < 1.29 is 17.9 Å². The van der Waals surface area contributed by atoms with Gasteiger partial charge in [0.05, 0.1) is 18.1 Å². The number of ether oxygens (including phenoxy) is 1. The standard InChI is InChI=1S/C19H28N2O4S/c1-15-8-9-16(19(22)20(2)17-6-4-3-5-7-17)14-18(15)26(23,24)21-10-12-25-13-11-21/h8-9,14,17H,3-7,10-13H2,1-2H3. The Morgan fingerprint density at radius 3 is 2.46 bits per heavy atom. The summed E-state index contributed by atoms with van der Waals surface area (Å²) in [7, 11) is -1.79. The van der Waals surface area contributed by atoms with Crippen LogP contribution in [0.2, 0.25) is 0 Å². The van der Waals surface area contributed by atoms with Gasteiger partial charge in [-0.3, -0.25) is 4.79 Å². The number of nitrogens with zero attached hydrogens (tertiary/aromatic N) is 2. The number of amides is 1. The summed E-state index contributed by atoms with van der Waals surface area (Å²) in [6, 6.07) is 5.25. The molecule has 1 aliphatic carbocycles. The molecular weight excluding hydrogens is 352 g/mol. The van der Waals surface area contributed by atoms with E-state index in [2.05, 4.69) is 0 Å². The molecule has 1 aromatic carbocycles. The van der Waals surface area contributed by atoms with Gasteiger partial charge in [0.1, 0.15) is 0 Å². The molecule has 0 bridgehead atoms. The van der Waals surface area contributed by atoms with Crippen molar-refractivity contribution in [1.29, 1.82) is 0 Å². The van der Waals surface area contributed by atoms with E-state index in [1.54, 1.807) is 30.0 Å². The van der Waals surface area contributed by atoms with E-state index >= 15 is 0 Å². The van der Waals surface area contributed by atoms with Gasteiger partial charge in [-0.1, -0.05) is 25.3 Å². The molecule has 3 rings (SSSR count). The maximum absolute atomic E-state index is 13.0. The minimum Gasteiger partial charge on any atom is -0.379 e. The number of hydrogen-bond donors (Lipinski definition) is 0. The van der Waals surface area contributed by atoms with Crippen LogP contribution in [0.5, 0.6) is 0 Å². The van der Waals surface area contributed by atoms with Crippen molar-refractivity contribution in [2.24, 2.45) is 0 Å². The number of sulfonamides is 1. The summed E-state index contributed by atoms with van der Waals surface area (Å²) < 4.78 is 32.7. The smallest absolute Gasteiger partial charge is 0.253 e. The third kappa shape index (κ3) is 3.94. The third-order valence-corrected chi connectivity index (χ3v) is 7.51. The number of carbonyl (C=O) groups is 1. The van der Waals surface area contributed by atoms with Crippen molar-refractivity contribution in [2.75, 3.05) is 33.4 Å². The number of aryl methyl sites for hydroxylation is 1. The van der Waals surface area contributed by atoms with E-state index in [9.17, 15) is 13.2 Å². The molecule has 6 nitrogen and oxygen atoms in total. The molecule has 7 heteroatoms. The first kappa shape index (κ1) is 19.3. The molecule has 0 unspecified atom stereocenters. The summed E-state index contributed by atoms with van der Waals surface area (Å²) in [6.07, 6.45) is 5.56. The number of carbonyl (C=O) groups excluding carboxylic acids is 1. The van der Waals surface area contributed by atoms with Crippen molar-refractivity contribution in [3.8, 4) is 0 Å². The second-order valence-electron chi connectivity index (χ2n) is 7.20. The molecule has 2 fully saturated rings. The zero-order valence-corrected chi connectivity index (χ0v) is 16.4. The molecular formula is C19H28N2O4S. The molecule has 144 valence electrons. The minimum atomic E-state index is -3.62. The zero-order valence-electron chi connectivity index (χ0n) is 15.6. The van der Waals surface area contributed by atoms with Crippen LogP contribution in [-0.4, -0.2) is 62.9 Å². The molecule has 0 atom stereocenters. The Hall–Kier alpha value is -1.44. The predicted molar refractivity (Wildman–Crippen MR) is 99.7 cm³/mol.